The van der Waals surface area contributed by atoms with Crippen molar-refractivity contribution in [2.24, 2.45) is 34.5 Å². The van der Waals surface area contributed by atoms with Crippen molar-refractivity contribution in [3.8, 4) is 47.3 Å². The summed E-state index contributed by atoms with van der Waals surface area (Å²) < 4.78 is 73.8. The van der Waals surface area contributed by atoms with Crippen LogP contribution in [0.3, 0.4) is 0 Å². The van der Waals surface area contributed by atoms with Crippen LogP contribution in [0, 0.1) is 104 Å². The molecule has 6 nitrogen and oxygen atoms in total. The second-order valence-electron chi connectivity index (χ2n) is 18.6. The summed E-state index contributed by atoms with van der Waals surface area (Å²) in [5.74, 6) is 6.90. The molecule has 0 unspecified atom stereocenters. The van der Waals surface area contributed by atoms with Gasteiger partial charge in [-0.2, -0.15) is 10.5 Å². The average Bonchev–Trinajstić information content (AvgIpc) is 3.70. The molecular weight excluding hydrogens is 793 g/mol. The highest BCUT2D eigenvalue weighted by atomic mass is 19.2. The van der Waals surface area contributed by atoms with Crippen LogP contribution >= 0.6 is 0 Å². The standard InChI is InChI=1S/C48H50F4O4.2C2H3N/c1-45-19-13-33-31-11-7-29(55-3)25-27(31)5-9-35(33)39(45)17-23-47(45,53)21-15-37-41(49)43(51)38(44(52)42(37)50)16-22-48(54)24-18-40-36-10-6-28-26-30(56-4)8-12-32(28)34(36)14-20-46(40,48)2;2*1-2-3/h7-8,11-12,25-26,33-36,39-40,53-54H,5-6,9-10,13-14,17-20,23-24H2,1-4H3;2*1H3/t33-,34-,35-,36-,39+,40+,45+,46+,47+,48+;;/m1../s1. The van der Waals surface area contributed by atoms with Gasteiger partial charge in [-0.25, -0.2) is 17.6 Å². The van der Waals surface area contributed by atoms with E-state index in [1.54, 1.807) is 26.4 Å². The smallest absolute Gasteiger partial charge is 0.178 e. The van der Waals surface area contributed by atoms with Crippen LogP contribution in [0.25, 0.3) is 0 Å². The first-order valence-corrected chi connectivity index (χ1v) is 21.9. The van der Waals surface area contributed by atoms with Gasteiger partial charge in [-0.05, 0) is 159 Å². The number of methoxy groups -OCH3 is 2. The zero-order valence-corrected chi connectivity index (χ0v) is 36.5. The fraction of sp³-hybridized carbons (Fsp3) is 0.538. The second-order valence-corrected chi connectivity index (χ2v) is 18.6. The van der Waals surface area contributed by atoms with Crippen LogP contribution in [0.15, 0.2) is 36.4 Å². The Labute approximate surface area is 363 Å². The Kier molecular flexibility index (Phi) is 12.6. The average molecular weight is 849 g/mol. The third kappa shape index (κ3) is 7.22. The minimum atomic E-state index is -1.65. The van der Waals surface area contributed by atoms with Gasteiger partial charge in [0.2, 0.25) is 0 Å². The summed E-state index contributed by atoms with van der Waals surface area (Å²) >= 11 is 0. The lowest BCUT2D eigenvalue weighted by Crippen LogP contribution is -2.50. The normalized spacial score (nSPS) is 33.0. The molecule has 326 valence electrons. The highest BCUT2D eigenvalue weighted by molar-refractivity contribution is 5.50. The van der Waals surface area contributed by atoms with Crippen molar-refractivity contribution in [2.45, 2.75) is 128 Å². The first-order chi connectivity index (χ1) is 29.6. The summed E-state index contributed by atoms with van der Waals surface area (Å²) in [7, 11) is 3.33. The fourth-order valence-corrected chi connectivity index (χ4v) is 13.0. The van der Waals surface area contributed by atoms with Gasteiger partial charge in [0.1, 0.15) is 33.8 Å². The number of ether oxygens (including phenoxy) is 2. The minimum absolute atomic E-state index is 0.132. The molecular formula is C52H56F4N2O4. The maximum absolute atomic E-state index is 15.7. The third-order valence-corrected chi connectivity index (χ3v) is 16.2. The van der Waals surface area contributed by atoms with E-state index in [1.165, 1.54) is 36.1 Å². The van der Waals surface area contributed by atoms with Crippen molar-refractivity contribution < 1.29 is 37.2 Å². The van der Waals surface area contributed by atoms with Crippen molar-refractivity contribution in [1.82, 2.24) is 0 Å². The Balaban J connectivity index is 0.000000912. The Hall–Kier alpha value is -5.00. The van der Waals surface area contributed by atoms with E-state index >= 15 is 17.6 Å². The van der Waals surface area contributed by atoms with Gasteiger partial charge in [0, 0.05) is 24.7 Å². The van der Waals surface area contributed by atoms with Gasteiger partial charge in [-0.3, -0.25) is 0 Å². The van der Waals surface area contributed by atoms with Gasteiger partial charge in [0.25, 0.3) is 0 Å². The van der Waals surface area contributed by atoms with Gasteiger partial charge < -0.3 is 19.7 Å². The van der Waals surface area contributed by atoms with Gasteiger partial charge >= 0.3 is 0 Å². The molecule has 0 saturated heterocycles. The second kappa shape index (κ2) is 17.3. The summed E-state index contributed by atoms with van der Waals surface area (Å²) in [6, 6.07) is 16.0. The van der Waals surface area contributed by atoms with E-state index in [4.69, 9.17) is 20.0 Å². The molecule has 9 rings (SSSR count). The van der Waals surface area contributed by atoms with E-state index in [-0.39, 0.29) is 11.8 Å². The number of aliphatic hydroxyl groups is 2. The van der Waals surface area contributed by atoms with Crippen LogP contribution in [0.4, 0.5) is 17.6 Å². The van der Waals surface area contributed by atoms with Gasteiger partial charge in [0.15, 0.2) is 23.3 Å². The Morgan fingerprint density at radius 3 is 1.27 bits per heavy atom. The van der Waals surface area contributed by atoms with Crippen molar-refractivity contribution >= 4 is 0 Å². The van der Waals surface area contributed by atoms with Crippen molar-refractivity contribution in [2.75, 3.05) is 14.2 Å². The molecule has 3 aromatic carbocycles. The highest BCUT2D eigenvalue weighted by Crippen LogP contribution is 2.66. The maximum atomic E-state index is 15.7. The number of aryl methyl sites for hydroxylation is 2. The summed E-state index contributed by atoms with van der Waals surface area (Å²) in [5.41, 5.74) is -1.36. The van der Waals surface area contributed by atoms with Crippen LogP contribution in [0.1, 0.15) is 137 Å². The van der Waals surface area contributed by atoms with E-state index in [1.807, 2.05) is 26.0 Å². The molecule has 10 atom stereocenters. The molecule has 0 aliphatic heterocycles. The Bertz CT molecular complexity index is 2260. The zero-order chi connectivity index (χ0) is 44.8. The minimum Gasteiger partial charge on any atom is -0.497 e. The molecule has 4 saturated carbocycles. The molecule has 4 fully saturated rings. The monoisotopic (exact) mass is 848 g/mol. The number of nitriles is 2. The number of halogens is 4. The van der Waals surface area contributed by atoms with Crippen LogP contribution in [-0.2, 0) is 12.8 Å². The quantitative estimate of drug-likeness (QED) is 0.151. The van der Waals surface area contributed by atoms with Crippen LogP contribution in [-0.4, -0.2) is 35.6 Å². The SMILES string of the molecule is CC#N.CC#N.COc1ccc2c(c1)CC[C@@H]1[C@@H]2CC[C@@]2(C)[C@H]1CC[C@@]2(O)C#Cc1c(F)c(F)c(C#C[C@]2(O)CC[C@H]3[C@@H]4CCc5cc(OC)ccc5[C@H]4CC[C@@]32C)c(F)c1F. The van der Waals surface area contributed by atoms with E-state index in [0.717, 1.165) is 50.0 Å². The largest absolute Gasteiger partial charge is 0.497 e. The molecule has 6 aliphatic rings. The number of nitrogens with zero attached hydrogens (tertiary/aromatic N) is 2. The molecule has 0 radical (unpaired) electrons. The van der Waals surface area contributed by atoms with E-state index in [2.05, 4.69) is 47.9 Å². The lowest BCUT2D eigenvalue weighted by atomic mass is 9.53. The molecule has 2 N–H and O–H groups in total. The van der Waals surface area contributed by atoms with Crippen molar-refractivity contribution in [3.63, 3.8) is 0 Å². The summed E-state index contributed by atoms with van der Waals surface area (Å²) in [5, 5.41) is 38.7. The van der Waals surface area contributed by atoms with Crippen LogP contribution in [0.5, 0.6) is 11.5 Å². The first kappa shape index (κ1) is 45.0. The Morgan fingerprint density at radius 1 is 0.581 bits per heavy atom. The maximum Gasteiger partial charge on any atom is 0.178 e. The zero-order valence-electron chi connectivity index (χ0n) is 36.5. The fourth-order valence-electron chi connectivity index (χ4n) is 13.0. The van der Waals surface area contributed by atoms with E-state index < -0.39 is 56.4 Å². The molecule has 3 aromatic rings. The van der Waals surface area contributed by atoms with E-state index in [0.29, 0.717) is 62.2 Å². The van der Waals surface area contributed by atoms with Crippen molar-refractivity contribution in [3.05, 3.63) is 93.0 Å². The van der Waals surface area contributed by atoms with E-state index in [9.17, 15) is 10.2 Å². The van der Waals surface area contributed by atoms with Gasteiger partial charge in [-0.1, -0.05) is 49.7 Å². The lowest BCUT2D eigenvalue weighted by Gasteiger charge is -2.52. The molecule has 0 spiro atoms. The molecule has 0 aromatic heterocycles. The summed E-state index contributed by atoms with van der Waals surface area (Å²) in [6.07, 6.45) is 8.69. The molecule has 0 heterocycles. The number of benzene rings is 3. The number of fused-ring (bicyclic) bond motifs is 10. The predicted octanol–water partition coefficient (Wildman–Crippen LogP) is 10.6. The van der Waals surface area contributed by atoms with Crippen molar-refractivity contribution in [1.29, 1.82) is 10.5 Å². The van der Waals surface area contributed by atoms with Crippen LogP contribution in [0.2, 0.25) is 0 Å². The Morgan fingerprint density at radius 2 is 0.935 bits per heavy atom. The molecule has 62 heavy (non-hydrogen) atoms. The number of rotatable bonds is 2. The number of hydrogen-bond donors (Lipinski definition) is 2. The number of hydrogen-bond acceptors (Lipinski definition) is 6. The summed E-state index contributed by atoms with van der Waals surface area (Å²) in [6.45, 7) is 6.86. The molecule has 0 amide bonds. The molecule has 0 bridgehead atoms. The summed E-state index contributed by atoms with van der Waals surface area (Å²) in [4.78, 5) is 0. The third-order valence-electron chi connectivity index (χ3n) is 16.2. The predicted molar refractivity (Wildman–Crippen MR) is 228 cm³/mol. The molecule has 10 heteroatoms. The first-order valence-electron chi connectivity index (χ1n) is 21.9. The highest BCUT2D eigenvalue weighted by Gasteiger charge is 2.62. The molecule has 6 aliphatic carbocycles. The van der Waals surface area contributed by atoms with Gasteiger partial charge in [0.05, 0.1) is 26.4 Å². The van der Waals surface area contributed by atoms with Gasteiger partial charge in [-0.15, -0.1) is 0 Å². The lowest BCUT2D eigenvalue weighted by molar-refractivity contribution is -0.0648. The van der Waals surface area contributed by atoms with Crippen LogP contribution < -0.4 is 9.47 Å². The topological polar surface area (TPSA) is 107 Å².